The molecule has 6 nitrogen and oxygen atoms in total. The molecule has 2 heterocycles. The summed E-state index contributed by atoms with van der Waals surface area (Å²) in [6.45, 7) is 9.37. The fraction of sp³-hybridized carbons (Fsp3) is 0.476. The van der Waals surface area contributed by atoms with Crippen molar-refractivity contribution in [2.24, 2.45) is 0 Å². The van der Waals surface area contributed by atoms with Crippen molar-refractivity contribution in [3.8, 4) is 5.75 Å². The van der Waals surface area contributed by atoms with Crippen LogP contribution in [0.5, 0.6) is 5.75 Å². The molecule has 2 aromatic rings. The molecule has 6 heteroatoms. The minimum absolute atomic E-state index is 0.198. The lowest BCUT2D eigenvalue weighted by Gasteiger charge is -2.26. The summed E-state index contributed by atoms with van der Waals surface area (Å²) in [6, 6.07) is 11.5. The molecule has 3 rings (SSSR count). The minimum Gasteiger partial charge on any atom is -0.486 e. The van der Waals surface area contributed by atoms with Crippen LogP contribution in [0, 0.1) is 0 Å². The van der Waals surface area contributed by atoms with Crippen LogP contribution in [0.4, 0.5) is 0 Å². The number of amides is 1. The molecular formula is C21H28N2O4. The molecule has 1 N–H and O–H groups in total. The van der Waals surface area contributed by atoms with Gasteiger partial charge in [-0.15, -0.1) is 0 Å². The van der Waals surface area contributed by atoms with Gasteiger partial charge in [-0.3, -0.25) is 9.69 Å². The second kappa shape index (κ2) is 9.58. The third-order valence-electron chi connectivity index (χ3n) is 4.63. The van der Waals surface area contributed by atoms with Crippen molar-refractivity contribution in [1.82, 2.24) is 10.2 Å². The first-order chi connectivity index (χ1) is 13.1. The lowest BCUT2D eigenvalue weighted by Crippen LogP contribution is -2.41. The molecule has 0 radical (unpaired) electrons. The number of hydrogen-bond acceptors (Lipinski definition) is 5. The van der Waals surface area contributed by atoms with E-state index >= 15 is 0 Å². The maximum atomic E-state index is 12.2. The van der Waals surface area contributed by atoms with Crippen molar-refractivity contribution in [1.29, 1.82) is 0 Å². The third-order valence-corrected chi connectivity index (χ3v) is 4.63. The zero-order chi connectivity index (χ0) is 19.1. The second-order valence-electron chi connectivity index (χ2n) is 6.99. The van der Waals surface area contributed by atoms with Gasteiger partial charge in [0.15, 0.2) is 5.76 Å². The molecule has 0 unspecified atom stereocenters. The summed E-state index contributed by atoms with van der Waals surface area (Å²) in [6.07, 6.45) is 0. The Bertz CT molecular complexity index is 718. The Morgan fingerprint density at radius 3 is 2.59 bits per heavy atom. The minimum atomic E-state index is -0.198. The molecule has 0 spiro atoms. The summed E-state index contributed by atoms with van der Waals surface area (Å²) < 4.78 is 16.7. The predicted octanol–water partition coefficient (Wildman–Crippen LogP) is 3.04. The smallest absolute Gasteiger partial charge is 0.287 e. The Kier molecular flexibility index (Phi) is 6.90. The molecule has 1 fully saturated rings. The highest BCUT2D eigenvalue weighted by atomic mass is 16.5. The number of carbonyl (C=O) groups excluding carboxylic acids is 1. The first kappa shape index (κ1) is 19.5. The maximum absolute atomic E-state index is 12.2. The van der Waals surface area contributed by atoms with Gasteiger partial charge in [0.1, 0.15) is 18.1 Å². The quantitative estimate of drug-likeness (QED) is 0.772. The number of morpholine rings is 1. The van der Waals surface area contributed by atoms with Gasteiger partial charge in [0, 0.05) is 26.2 Å². The number of nitrogens with one attached hydrogen (secondary N) is 1. The fourth-order valence-electron chi connectivity index (χ4n) is 2.92. The van der Waals surface area contributed by atoms with Gasteiger partial charge in [0.25, 0.3) is 5.91 Å². The summed E-state index contributed by atoms with van der Waals surface area (Å²) in [4.78, 5) is 14.5. The summed E-state index contributed by atoms with van der Waals surface area (Å²) in [5, 5.41) is 2.89. The predicted molar refractivity (Wildman–Crippen MR) is 103 cm³/mol. The fourth-order valence-corrected chi connectivity index (χ4v) is 2.92. The molecule has 0 aliphatic carbocycles. The Hall–Kier alpha value is -2.31. The third kappa shape index (κ3) is 5.84. The molecule has 1 aliphatic rings. The first-order valence-corrected chi connectivity index (χ1v) is 9.51. The Morgan fingerprint density at radius 1 is 1.15 bits per heavy atom. The standard InChI is InChI=1S/C21H28N2O4/c1-16(2)17-3-5-18(6-4-17)26-15-19-7-8-20(27-19)21(24)22-9-10-23-11-13-25-14-12-23/h3-8,16H,9-15H2,1-2H3,(H,22,24). The summed E-state index contributed by atoms with van der Waals surface area (Å²) >= 11 is 0. The zero-order valence-corrected chi connectivity index (χ0v) is 16.1. The number of hydrogen-bond donors (Lipinski definition) is 1. The highest BCUT2D eigenvalue weighted by Gasteiger charge is 2.13. The molecule has 0 atom stereocenters. The van der Waals surface area contributed by atoms with Crippen molar-refractivity contribution < 1.29 is 18.7 Å². The van der Waals surface area contributed by atoms with Crippen LogP contribution in [0.1, 0.15) is 41.6 Å². The number of furan rings is 1. The average Bonchev–Trinajstić information content (AvgIpc) is 3.17. The molecule has 1 aromatic carbocycles. The van der Waals surface area contributed by atoms with Gasteiger partial charge in [-0.05, 0) is 35.7 Å². The topological polar surface area (TPSA) is 63.9 Å². The lowest BCUT2D eigenvalue weighted by atomic mass is 10.0. The van der Waals surface area contributed by atoms with Crippen molar-refractivity contribution in [2.75, 3.05) is 39.4 Å². The number of benzene rings is 1. The van der Waals surface area contributed by atoms with Crippen molar-refractivity contribution in [2.45, 2.75) is 26.4 Å². The maximum Gasteiger partial charge on any atom is 0.287 e. The van der Waals surface area contributed by atoms with E-state index < -0.39 is 0 Å². The van der Waals surface area contributed by atoms with E-state index in [2.05, 4.69) is 36.2 Å². The van der Waals surface area contributed by atoms with Gasteiger partial charge < -0.3 is 19.2 Å². The van der Waals surface area contributed by atoms with Crippen molar-refractivity contribution in [3.63, 3.8) is 0 Å². The largest absolute Gasteiger partial charge is 0.486 e. The van der Waals surface area contributed by atoms with Gasteiger partial charge in [0.05, 0.1) is 13.2 Å². The first-order valence-electron chi connectivity index (χ1n) is 9.51. The number of ether oxygens (including phenoxy) is 2. The molecule has 0 saturated carbocycles. The van der Waals surface area contributed by atoms with Gasteiger partial charge in [-0.25, -0.2) is 0 Å². The molecule has 27 heavy (non-hydrogen) atoms. The van der Waals surface area contributed by atoms with E-state index in [-0.39, 0.29) is 5.91 Å². The normalized spacial score (nSPS) is 15.1. The van der Waals surface area contributed by atoms with Gasteiger partial charge in [0.2, 0.25) is 0 Å². The molecule has 1 saturated heterocycles. The monoisotopic (exact) mass is 372 g/mol. The van der Waals surface area contributed by atoms with Crippen LogP contribution in [-0.2, 0) is 11.3 Å². The SMILES string of the molecule is CC(C)c1ccc(OCc2ccc(C(=O)NCCN3CCOCC3)o2)cc1. The Balaban J connectivity index is 1.42. The van der Waals surface area contributed by atoms with Gasteiger partial charge >= 0.3 is 0 Å². The van der Waals surface area contributed by atoms with Crippen LogP contribution in [-0.4, -0.2) is 50.2 Å². The number of nitrogens with zero attached hydrogens (tertiary/aromatic N) is 1. The van der Waals surface area contributed by atoms with E-state index in [0.717, 1.165) is 38.6 Å². The van der Waals surface area contributed by atoms with Gasteiger partial charge in [-0.2, -0.15) is 0 Å². The van der Waals surface area contributed by atoms with Crippen LogP contribution in [0.3, 0.4) is 0 Å². The van der Waals surface area contributed by atoms with E-state index in [1.54, 1.807) is 12.1 Å². The van der Waals surface area contributed by atoms with Crippen LogP contribution >= 0.6 is 0 Å². The van der Waals surface area contributed by atoms with Crippen LogP contribution < -0.4 is 10.1 Å². The van der Waals surface area contributed by atoms with E-state index in [0.29, 0.717) is 30.6 Å². The summed E-state index contributed by atoms with van der Waals surface area (Å²) in [5.74, 6) is 2.02. The highest BCUT2D eigenvalue weighted by Crippen LogP contribution is 2.20. The average molecular weight is 372 g/mol. The Morgan fingerprint density at radius 2 is 1.89 bits per heavy atom. The van der Waals surface area contributed by atoms with E-state index in [1.807, 2.05) is 12.1 Å². The second-order valence-corrected chi connectivity index (χ2v) is 6.99. The van der Waals surface area contributed by atoms with Crippen LogP contribution in [0.2, 0.25) is 0 Å². The summed E-state index contributed by atoms with van der Waals surface area (Å²) in [5.41, 5.74) is 1.27. The van der Waals surface area contributed by atoms with Crippen LogP contribution in [0.15, 0.2) is 40.8 Å². The molecule has 1 amide bonds. The highest BCUT2D eigenvalue weighted by molar-refractivity contribution is 5.91. The van der Waals surface area contributed by atoms with Gasteiger partial charge in [-0.1, -0.05) is 26.0 Å². The molecule has 1 aromatic heterocycles. The molecule has 0 bridgehead atoms. The van der Waals surface area contributed by atoms with E-state index in [4.69, 9.17) is 13.9 Å². The zero-order valence-electron chi connectivity index (χ0n) is 16.1. The molecule has 1 aliphatic heterocycles. The van der Waals surface area contributed by atoms with E-state index in [1.165, 1.54) is 5.56 Å². The van der Waals surface area contributed by atoms with Crippen LogP contribution in [0.25, 0.3) is 0 Å². The number of rotatable bonds is 8. The molecular weight excluding hydrogens is 344 g/mol. The lowest BCUT2D eigenvalue weighted by molar-refractivity contribution is 0.0382. The molecule has 146 valence electrons. The van der Waals surface area contributed by atoms with Crippen molar-refractivity contribution in [3.05, 3.63) is 53.5 Å². The number of carbonyl (C=O) groups is 1. The summed E-state index contributed by atoms with van der Waals surface area (Å²) in [7, 11) is 0. The Labute approximate surface area is 160 Å². The van der Waals surface area contributed by atoms with Crippen molar-refractivity contribution >= 4 is 5.91 Å². The van der Waals surface area contributed by atoms with E-state index in [9.17, 15) is 4.79 Å².